The molecule has 3 aromatic heterocycles. The van der Waals surface area contributed by atoms with Gasteiger partial charge in [-0.3, -0.25) is 0 Å². The van der Waals surface area contributed by atoms with Crippen molar-refractivity contribution in [2.24, 2.45) is 5.92 Å². The van der Waals surface area contributed by atoms with E-state index in [0.717, 1.165) is 65.5 Å². The zero-order valence-corrected chi connectivity index (χ0v) is 17.8. The molecular weight excluding hydrogens is 418 g/mol. The van der Waals surface area contributed by atoms with Gasteiger partial charge in [-0.15, -0.1) is 0 Å². The summed E-state index contributed by atoms with van der Waals surface area (Å²) in [4.78, 5) is 3.02. The third-order valence-electron chi connectivity index (χ3n) is 7.36. The quantitative estimate of drug-likeness (QED) is 0.289. The molecule has 0 bridgehead atoms. The number of benzene rings is 3. The van der Waals surface area contributed by atoms with Gasteiger partial charge in [0.05, 0.1) is 29.6 Å². The SMILES string of the molecule is OCc1ccc2c(c1)c1c3c[nH]c(O)c3c3c4cc(CO)ccc4n4c3c1n2CC(CO)C4. The number of nitrogens with one attached hydrogen (secondary N) is 1. The van der Waals surface area contributed by atoms with E-state index in [2.05, 4.69) is 14.1 Å². The van der Waals surface area contributed by atoms with Crippen molar-refractivity contribution in [2.75, 3.05) is 6.61 Å². The predicted molar refractivity (Wildman–Crippen MR) is 128 cm³/mol. The van der Waals surface area contributed by atoms with Crippen molar-refractivity contribution in [3.63, 3.8) is 0 Å². The first-order valence-corrected chi connectivity index (χ1v) is 11.2. The highest BCUT2D eigenvalue weighted by Crippen LogP contribution is 2.48. The van der Waals surface area contributed by atoms with Crippen LogP contribution in [0.4, 0.5) is 0 Å². The number of aliphatic hydroxyl groups excluding tert-OH is 3. The minimum Gasteiger partial charge on any atom is -0.494 e. The van der Waals surface area contributed by atoms with E-state index in [0.29, 0.717) is 13.1 Å². The number of H-pyrrole nitrogens is 1. The molecule has 0 radical (unpaired) electrons. The summed E-state index contributed by atoms with van der Waals surface area (Å²) in [5.41, 5.74) is 5.80. The highest BCUT2D eigenvalue weighted by atomic mass is 16.3. The van der Waals surface area contributed by atoms with Gasteiger partial charge in [0.2, 0.25) is 0 Å². The van der Waals surface area contributed by atoms with Crippen LogP contribution in [0.3, 0.4) is 0 Å². The average Bonchev–Trinajstić information content (AvgIpc) is 3.43. The molecule has 7 rings (SSSR count). The molecule has 1 aliphatic rings. The largest absolute Gasteiger partial charge is 0.494 e. The Morgan fingerprint density at radius 3 is 1.91 bits per heavy atom. The number of nitrogens with zero attached hydrogens (tertiary/aromatic N) is 2. The van der Waals surface area contributed by atoms with Crippen molar-refractivity contribution < 1.29 is 20.4 Å². The summed E-state index contributed by atoms with van der Waals surface area (Å²) >= 11 is 0. The van der Waals surface area contributed by atoms with Crippen molar-refractivity contribution >= 4 is 54.4 Å². The number of aromatic hydroxyl groups is 1. The molecular formula is C26H23N3O4. The number of aliphatic hydroxyl groups is 3. The molecule has 3 aromatic carbocycles. The van der Waals surface area contributed by atoms with Gasteiger partial charge in [0.1, 0.15) is 0 Å². The fourth-order valence-electron chi connectivity index (χ4n) is 5.95. The molecule has 7 heteroatoms. The third kappa shape index (κ3) is 2.29. The lowest BCUT2D eigenvalue weighted by atomic mass is 10.0. The summed E-state index contributed by atoms with van der Waals surface area (Å²) in [7, 11) is 0. The van der Waals surface area contributed by atoms with Crippen LogP contribution in [0.5, 0.6) is 5.88 Å². The molecule has 0 amide bonds. The summed E-state index contributed by atoms with van der Waals surface area (Å²) in [6, 6.07) is 12.0. The van der Waals surface area contributed by atoms with Gasteiger partial charge in [-0.2, -0.15) is 0 Å². The van der Waals surface area contributed by atoms with Gasteiger partial charge in [0.15, 0.2) is 5.88 Å². The molecule has 33 heavy (non-hydrogen) atoms. The average molecular weight is 441 g/mol. The molecule has 1 atom stereocenters. The van der Waals surface area contributed by atoms with Crippen LogP contribution in [-0.2, 0) is 26.3 Å². The molecule has 1 unspecified atom stereocenters. The Hall–Kier alpha value is -3.52. The fourth-order valence-corrected chi connectivity index (χ4v) is 5.95. The van der Waals surface area contributed by atoms with Crippen molar-refractivity contribution in [1.82, 2.24) is 14.1 Å². The highest BCUT2D eigenvalue weighted by molar-refractivity contribution is 6.36. The second kappa shape index (κ2) is 6.51. The van der Waals surface area contributed by atoms with Crippen LogP contribution in [0.15, 0.2) is 42.6 Å². The van der Waals surface area contributed by atoms with Gasteiger partial charge in [-0.25, -0.2) is 0 Å². The van der Waals surface area contributed by atoms with Crippen LogP contribution in [-0.4, -0.2) is 41.2 Å². The van der Waals surface area contributed by atoms with Crippen molar-refractivity contribution in [3.05, 3.63) is 53.7 Å². The molecule has 0 aliphatic carbocycles. The van der Waals surface area contributed by atoms with Crippen LogP contribution in [0.1, 0.15) is 11.1 Å². The molecule has 0 saturated heterocycles. The van der Waals surface area contributed by atoms with Gasteiger partial charge < -0.3 is 34.5 Å². The maximum atomic E-state index is 10.9. The number of aromatic amines is 1. The van der Waals surface area contributed by atoms with E-state index < -0.39 is 0 Å². The van der Waals surface area contributed by atoms with E-state index in [4.69, 9.17) is 0 Å². The summed E-state index contributed by atoms with van der Waals surface area (Å²) in [5.74, 6) is 0.127. The van der Waals surface area contributed by atoms with Gasteiger partial charge in [0, 0.05) is 69.8 Å². The lowest BCUT2D eigenvalue weighted by Crippen LogP contribution is -2.18. The van der Waals surface area contributed by atoms with E-state index in [1.807, 2.05) is 42.6 Å². The smallest absolute Gasteiger partial charge is 0.197 e. The molecule has 0 saturated carbocycles. The van der Waals surface area contributed by atoms with E-state index in [9.17, 15) is 20.4 Å². The van der Waals surface area contributed by atoms with E-state index >= 15 is 0 Å². The fraction of sp³-hybridized carbons (Fsp3) is 0.231. The Labute approximate surface area is 187 Å². The van der Waals surface area contributed by atoms with E-state index in [-0.39, 0.29) is 31.6 Å². The van der Waals surface area contributed by atoms with Crippen LogP contribution >= 0.6 is 0 Å². The van der Waals surface area contributed by atoms with Crippen molar-refractivity contribution in [2.45, 2.75) is 26.3 Å². The van der Waals surface area contributed by atoms with Crippen molar-refractivity contribution in [1.29, 1.82) is 0 Å². The number of hydrogen-bond donors (Lipinski definition) is 5. The molecule has 4 heterocycles. The van der Waals surface area contributed by atoms with Gasteiger partial charge in [-0.05, 0) is 35.4 Å². The maximum Gasteiger partial charge on any atom is 0.197 e. The molecule has 6 aromatic rings. The Bertz CT molecular complexity index is 1750. The van der Waals surface area contributed by atoms with Crippen LogP contribution < -0.4 is 0 Å². The Balaban J connectivity index is 1.84. The Kier molecular flexibility index (Phi) is 3.75. The molecule has 7 nitrogen and oxygen atoms in total. The normalized spacial score (nSPS) is 16.3. The zero-order chi connectivity index (χ0) is 22.4. The second-order valence-electron chi connectivity index (χ2n) is 9.16. The van der Waals surface area contributed by atoms with Gasteiger partial charge in [0.25, 0.3) is 0 Å². The van der Waals surface area contributed by atoms with Crippen LogP contribution in [0.2, 0.25) is 0 Å². The molecule has 0 spiro atoms. The molecule has 5 N–H and O–H groups in total. The standard InChI is InChI=1S/C26H23N3O4/c30-10-13-1-3-19-16(5-13)21-18-7-27-26(33)23(18)22-17-6-14(11-31)2-4-20(17)29-9-15(12-32)8-28(19)24(21)25(22)29/h1-7,15,27,30-33H,8-12H2. The molecule has 0 fully saturated rings. The first-order valence-electron chi connectivity index (χ1n) is 11.2. The Morgan fingerprint density at radius 1 is 0.758 bits per heavy atom. The zero-order valence-electron chi connectivity index (χ0n) is 17.8. The van der Waals surface area contributed by atoms with Gasteiger partial charge in [-0.1, -0.05) is 12.1 Å². The van der Waals surface area contributed by atoms with E-state index in [1.165, 1.54) is 0 Å². The van der Waals surface area contributed by atoms with Crippen LogP contribution in [0, 0.1) is 5.92 Å². The number of aromatic nitrogens is 3. The minimum atomic E-state index is -0.0589. The second-order valence-corrected chi connectivity index (χ2v) is 9.16. The minimum absolute atomic E-state index is 0.0135. The maximum absolute atomic E-state index is 10.9. The van der Waals surface area contributed by atoms with Crippen LogP contribution in [0.25, 0.3) is 54.4 Å². The molecule has 166 valence electrons. The Morgan fingerprint density at radius 2 is 1.33 bits per heavy atom. The first kappa shape index (κ1) is 19.0. The van der Waals surface area contributed by atoms with E-state index in [1.54, 1.807) is 0 Å². The summed E-state index contributed by atoms with van der Waals surface area (Å²) in [6.07, 6.45) is 1.85. The number of hydrogen-bond acceptors (Lipinski definition) is 4. The first-order chi connectivity index (χ1) is 16.1. The number of rotatable bonds is 3. The molecule has 1 aliphatic heterocycles. The third-order valence-corrected chi connectivity index (χ3v) is 7.36. The monoisotopic (exact) mass is 441 g/mol. The summed E-state index contributed by atoms with van der Waals surface area (Å²) < 4.78 is 4.55. The predicted octanol–water partition coefficient (Wildman–Crippen LogP) is 3.70. The lowest BCUT2D eigenvalue weighted by molar-refractivity contribution is 0.201. The number of fused-ring (bicyclic) bond motifs is 9. The van der Waals surface area contributed by atoms with Crippen molar-refractivity contribution in [3.8, 4) is 5.88 Å². The summed E-state index contributed by atoms with van der Waals surface area (Å²) in [5, 5.41) is 46.4. The highest BCUT2D eigenvalue weighted by Gasteiger charge is 2.29. The summed E-state index contributed by atoms with van der Waals surface area (Å²) in [6.45, 7) is 1.28. The lowest BCUT2D eigenvalue weighted by Gasteiger charge is -2.15. The topological polar surface area (TPSA) is 107 Å². The van der Waals surface area contributed by atoms with Gasteiger partial charge >= 0.3 is 0 Å².